The van der Waals surface area contributed by atoms with E-state index in [1.165, 1.54) is 17.3 Å². The predicted molar refractivity (Wildman–Crippen MR) is 241 cm³/mol. The number of fused-ring (bicyclic) bond motifs is 2. The van der Waals surface area contributed by atoms with E-state index in [-0.39, 0.29) is 44.2 Å². The van der Waals surface area contributed by atoms with Crippen LogP contribution >= 0.6 is 0 Å². The van der Waals surface area contributed by atoms with Crippen molar-refractivity contribution >= 4 is 57.4 Å². The Hall–Kier alpha value is -6.10. The number of rotatable bonds is 5. The first-order chi connectivity index (χ1) is 27.7. The first-order valence-electron chi connectivity index (χ1n) is 19.1. The molecule has 0 saturated carbocycles. The second kappa shape index (κ2) is 18.0. The number of ether oxygens (including phenoxy) is 1. The van der Waals surface area contributed by atoms with E-state index in [1.54, 1.807) is 13.3 Å². The molecule has 60 heavy (non-hydrogen) atoms. The Kier molecular flexibility index (Phi) is 13.5. The molecule has 0 N–H and O–H groups in total. The number of para-hydroxylation sites is 2. The van der Waals surface area contributed by atoms with E-state index in [1.807, 2.05) is 65.0 Å². The first-order valence-corrected chi connectivity index (χ1v) is 19.1. The zero-order chi connectivity index (χ0) is 41.4. The van der Waals surface area contributed by atoms with Crippen molar-refractivity contribution in [2.45, 2.75) is 80.0 Å². The average Bonchev–Trinajstić information content (AvgIpc) is 3.76. The Morgan fingerprint density at radius 1 is 0.683 bits per heavy atom. The fourth-order valence-corrected chi connectivity index (χ4v) is 7.06. The SMILES string of the molecule is C.[C-]#[N+]c1cnc2c(c1)N(c1ccccc1C)C(OC)N2c1ccc(C(C)(C)C)cc1.[C-]#[N+]c1cnc2c(n1)N(c1ccccc1C)[CH-]N2c1[c-]cc(C(C)(C)C)cc1.[Ir]. The summed E-state index contributed by atoms with van der Waals surface area (Å²) < 4.78 is 5.99. The van der Waals surface area contributed by atoms with E-state index in [0.29, 0.717) is 17.3 Å². The van der Waals surface area contributed by atoms with Gasteiger partial charge in [-0.2, -0.15) is 23.8 Å². The largest absolute Gasteiger partial charge is 0.475 e. The zero-order valence-electron chi connectivity index (χ0n) is 34.8. The Balaban J connectivity index is 0.000000221. The smallest absolute Gasteiger partial charge is 0.290 e. The first kappa shape index (κ1) is 45.0. The number of hydrogen-bond donors (Lipinski definition) is 0. The third kappa shape index (κ3) is 8.76. The van der Waals surface area contributed by atoms with Gasteiger partial charge in [0.15, 0.2) is 11.6 Å². The van der Waals surface area contributed by atoms with Gasteiger partial charge in [0.25, 0.3) is 5.82 Å². The van der Waals surface area contributed by atoms with Crippen molar-refractivity contribution in [1.29, 1.82) is 0 Å². The molecule has 1 atom stereocenters. The van der Waals surface area contributed by atoms with Gasteiger partial charge in [-0.3, -0.25) is 9.80 Å². The van der Waals surface area contributed by atoms with Crippen LogP contribution in [0.1, 0.15) is 71.2 Å². The quantitative estimate of drug-likeness (QED) is 0.158. The molecule has 0 saturated heterocycles. The maximum atomic E-state index is 7.43. The monoisotopic (exact) mass is 974 g/mol. The van der Waals surface area contributed by atoms with Crippen LogP contribution in [0.3, 0.4) is 0 Å². The van der Waals surface area contributed by atoms with Gasteiger partial charge in [0.1, 0.15) is 0 Å². The van der Waals surface area contributed by atoms with Crippen molar-refractivity contribution < 1.29 is 24.8 Å². The second-order valence-electron chi connectivity index (χ2n) is 16.4. The Bertz CT molecular complexity index is 2530. The summed E-state index contributed by atoms with van der Waals surface area (Å²) in [6, 6.07) is 36.3. The molecule has 10 nitrogen and oxygen atoms in total. The molecule has 0 bridgehead atoms. The summed E-state index contributed by atoms with van der Waals surface area (Å²) in [6.45, 7) is 34.0. The van der Waals surface area contributed by atoms with Gasteiger partial charge in [-0.05, 0) is 66.3 Å². The summed E-state index contributed by atoms with van der Waals surface area (Å²) in [5.41, 5.74) is 10.2. The molecule has 2 aromatic heterocycles. The Labute approximate surface area is 369 Å². The van der Waals surface area contributed by atoms with Crippen molar-refractivity contribution in [3.05, 3.63) is 167 Å². The number of pyridine rings is 1. The summed E-state index contributed by atoms with van der Waals surface area (Å²) >= 11 is 0. The van der Waals surface area contributed by atoms with E-state index in [4.69, 9.17) is 17.9 Å². The Morgan fingerprint density at radius 3 is 1.83 bits per heavy atom. The number of aromatic nitrogens is 3. The van der Waals surface area contributed by atoms with Crippen LogP contribution in [0.15, 0.2) is 109 Å². The third-order valence-electron chi connectivity index (χ3n) is 10.3. The standard InChI is InChI=1S/C25H26N4O.C23H21N5.CH4.Ir/c1-17-9-7-8-10-21(17)29-22-15-19(26-5)16-27-23(22)28(24(29)30-6)20-13-11-18(12-14-20)25(2,3)4;1-16-8-6-7-9-19(16)28-15-27(21-22(28)26-20(24-5)14-25-21)18-12-10-17(11-13-18)23(2,3)4;;/h7-16,24H,1-4,6H3;6-12,14-15H,1-4H3;1H4;/q;-2;;. The van der Waals surface area contributed by atoms with E-state index >= 15 is 0 Å². The van der Waals surface area contributed by atoms with Crippen molar-refractivity contribution in [2.75, 3.05) is 26.7 Å². The minimum atomic E-state index is -0.407. The third-order valence-corrected chi connectivity index (χ3v) is 10.3. The van der Waals surface area contributed by atoms with Crippen molar-refractivity contribution in [3.8, 4) is 0 Å². The minimum Gasteiger partial charge on any atom is -0.475 e. The Morgan fingerprint density at radius 2 is 1.28 bits per heavy atom. The van der Waals surface area contributed by atoms with Gasteiger partial charge in [-0.1, -0.05) is 114 Å². The van der Waals surface area contributed by atoms with Gasteiger partial charge in [0.05, 0.1) is 18.5 Å². The van der Waals surface area contributed by atoms with Gasteiger partial charge < -0.3 is 19.4 Å². The molecule has 2 aliphatic heterocycles. The van der Waals surface area contributed by atoms with E-state index in [0.717, 1.165) is 45.4 Å². The van der Waals surface area contributed by atoms with Crippen LogP contribution in [-0.2, 0) is 35.7 Å². The maximum Gasteiger partial charge on any atom is 0.290 e. The maximum absolute atomic E-state index is 7.43. The second-order valence-corrected chi connectivity index (χ2v) is 16.4. The van der Waals surface area contributed by atoms with Gasteiger partial charge in [0.2, 0.25) is 17.9 Å². The molecule has 4 heterocycles. The van der Waals surface area contributed by atoms with Crippen LogP contribution in [0.25, 0.3) is 9.69 Å². The van der Waals surface area contributed by atoms with Gasteiger partial charge in [-0.25, -0.2) is 14.8 Å². The number of nitrogens with zero attached hydrogens (tertiary/aromatic N) is 9. The molecular formula is C49H51IrN9O-2. The number of benzene rings is 4. The fourth-order valence-electron chi connectivity index (χ4n) is 7.06. The molecule has 8 rings (SSSR count). The molecular weight excluding hydrogens is 923 g/mol. The van der Waals surface area contributed by atoms with E-state index in [9.17, 15) is 0 Å². The number of hydrogen-bond acceptors (Lipinski definition) is 8. The van der Waals surface area contributed by atoms with Crippen LogP contribution < -0.4 is 19.6 Å². The van der Waals surface area contributed by atoms with Crippen molar-refractivity contribution in [3.63, 3.8) is 0 Å². The summed E-state index contributed by atoms with van der Waals surface area (Å²) in [5, 5.41) is 0. The molecule has 0 fully saturated rings. The number of anilines is 8. The zero-order valence-corrected chi connectivity index (χ0v) is 37.2. The molecule has 0 aliphatic carbocycles. The normalized spacial score (nSPS) is 14.2. The summed E-state index contributed by atoms with van der Waals surface area (Å²) in [4.78, 5) is 28.9. The molecule has 0 spiro atoms. The molecule has 4 aromatic carbocycles. The molecule has 0 amide bonds. The summed E-state index contributed by atoms with van der Waals surface area (Å²) in [7, 11) is 1.70. The predicted octanol–water partition coefficient (Wildman–Crippen LogP) is 12.9. The molecule has 1 unspecified atom stereocenters. The van der Waals surface area contributed by atoms with E-state index < -0.39 is 6.35 Å². The van der Waals surface area contributed by atoms with Crippen LogP contribution in [0.2, 0.25) is 0 Å². The molecule has 309 valence electrons. The van der Waals surface area contributed by atoms with Crippen molar-refractivity contribution in [1.82, 2.24) is 15.0 Å². The molecule has 2 aliphatic rings. The number of aryl methyl sites for hydroxylation is 2. The van der Waals surface area contributed by atoms with Crippen LogP contribution in [0.4, 0.5) is 57.4 Å². The van der Waals surface area contributed by atoms with Gasteiger partial charge in [0, 0.05) is 50.5 Å². The average molecular weight is 974 g/mol. The summed E-state index contributed by atoms with van der Waals surface area (Å²) in [6.07, 6.45) is 2.73. The number of methoxy groups -OCH3 is 1. The molecule has 11 heteroatoms. The van der Waals surface area contributed by atoms with E-state index in [2.05, 4.69) is 144 Å². The molecule has 6 aromatic rings. The fraction of sp³-hybridized carbons (Fsp3) is 0.265. The van der Waals surface area contributed by atoms with Crippen LogP contribution in [0.5, 0.6) is 0 Å². The van der Waals surface area contributed by atoms with Crippen LogP contribution in [0, 0.1) is 39.7 Å². The molecule has 1 radical (unpaired) electrons. The minimum absolute atomic E-state index is 0. The van der Waals surface area contributed by atoms with Gasteiger partial charge >= 0.3 is 0 Å². The van der Waals surface area contributed by atoms with Crippen LogP contribution in [-0.4, -0.2) is 28.4 Å². The van der Waals surface area contributed by atoms with Crippen molar-refractivity contribution in [2.24, 2.45) is 0 Å². The van der Waals surface area contributed by atoms with Gasteiger partial charge in [-0.15, -0.1) is 18.4 Å². The topological polar surface area (TPSA) is 69.6 Å². The summed E-state index contributed by atoms with van der Waals surface area (Å²) in [5.74, 6) is 2.40.